The van der Waals surface area contributed by atoms with E-state index in [4.69, 9.17) is 0 Å². The molecule has 0 fully saturated rings. The van der Waals surface area contributed by atoms with Crippen molar-refractivity contribution in [3.05, 3.63) is 102 Å². The molecule has 0 spiro atoms. The molecule has 1 aliphatic rings. The van der Waals surface area contributed by atoms with Crippen LogP contribution in [0.5, 0.6) is 0 Å². The Morgan fingerprint density at radius 3 is 1.92 bits per heavy atom. The minimum absolute atomic E-state index is 0.0876. The maximum Gasteiger partial charge on any atom is 0.244 e. The second-order valence-electron chi connectivity index (χ2n) is 5.86. The van der Waals surface area contributed by atoms with Crippen LogP contribution in [0.15, 0.2) is 84.9 Å². The molecule has 0 unspecified atom stereocenters. The van der Waals surface area contributed by atoms with Gasteiger partial charge in [0.2, 0.25) is 5.91 Å². The van der Waals surface area contributed by atoms with Crippen LogP contribution in [0.4, 0.5) is 0 Å². The standard InChI is InChI=1S/C22H17NO/c24-21(15-14-16-8-2-1-3-9-16)23-22-19-12-6-4-10-17(19)18-11-5-7-13-20(18)22/h1-15,22H,(H,23,24)/b15-14+. The van der Waals surface area contributed by atoms with Crippen LogP contribution in [-0.2, 0) is 4.79 Å². The quantitative estimate of drug-likeness (QED) is 0.704. The van der Waals surface area contributed by atoms with E-state index in [1.165, 1.54) is 11.1 Å². The number of hydrogen-bond acceptors (Lipinski definition) is 1. The third kappa shape index (κ3) is 2.63. The fraction of sp³-hybridized carbons (Fsp3) is 0.0455. The van der Waals surface area contributed by atoms with E-state index in [-0.39, 0.29) is 11.9 Å². The molecule has 1 amide bonds. The summed E-state index contributed by atoms with van der Waals surface area (Å²) < 4.78 is 0. The van der Waals surface area contributed by atoms with Crippen molar-refractivity contribution in [2.24, 2.45) is 0 Å². The molecule has 0 aromatic heterocycles. The van der Waals surface area contributed by atoms with E-state index in [2.05, 4.69) is 29.6 Å². The molecule has 2 heteroatoms. The van der Waals surface area contributed by atoms with Gasteiger partial charge < -0.3 is 5.32 Å². The average Bonchev–Trinajstić information content (AvgIpc) is 2.95. The number of carbonyl (C=O) groups is 1. The van der Waals surface area contributed by atoms with Gasteiger partial charge in [0.25, 0.3) is 0 Å². The van der Waals surface area contributed by atoms with Crippen LogP contribution in [0.25, 0.3) is 17.2 Å². The van der Waals surface area contributed by atoms with Gasteiger partial charge in [-0.1, -0.05) is 78.9 Å². The molecular formula is C22H17NO. The minimum Gasteiger partial charge on any atom is -0.342 e. The SMILES string of the molecule is O=C(/C=C/c1ccccc1)NC1c2ccccc2-c2ccccc21. The first kappa shape index (κ1) is 14.5. The van der Waals surface area contributed by atoms with Crippen molar-refractivity contribution in [1.29, 1.82) is 0 Å². The Labute approximate surface area is 141 Å². The Balaban J connectivity index is 1.60. The van der Waals surface area contributed by atoms with Gasteiger partial charge in [0.15, 0.2) is 0 Å². The Kier molecular flexibility index (Phi) is 3.72. The van der Waals surface area contributed by atoms with Crippen molar-refractivity contribution in [2.45, 2.75) is 6.04 Å². The highest BCUT2D eigenvalue weighted by atomic mass is 16.1. The van der Waals surface area contributed by atoms with E-state index in [0.29, 0.717) is 0 Å². The van der Waals surface area contributed by atoms with Gasteiger partial charge >= 0.3 is 0 Å². The lowest BCUT2D eigenvalue weighted by Gasteiger charge is -2.14. The highest BCUT2D eigenvalue weighted by molar-refractivity contribution is 5.93. The molecule has 1 aliphatic carbocycles. The maximum absolute atomic E-state index is 12.4. The van der Waals surface area contributed by atoms with Gasteiger partial charge in [-0.25, -0.2) is 0 Å². The van der Waals surface area contributed by atoms with Gasteiger partial charge in [0.1, 0.15) is 0 Å². The van der Waals surface area contributed by atoms with E-state index in [9.17, 15) is 4.79 Å². The Bertz CT molecular complexity index is 867. The molecule has 0 radical (unpaired) electrons. The number of hydrogen-bond donors (Lipinski definition) is 1. The molecule has 116 valence electrons. The summed E-state index contributed by atoms with van der Waals surface area (Å²) in [5, 5.41) is 3.14. The fourth-order valence-corrected chi connectivity index (χ4v) is 3.24. The van der Waals surface area contributed by atoms with Gasteiger partial charge in [-0.05, 0) is 33.9 Å². The zero-order valence-corrected chi connectivity index (χ0v) is 13.1. The van der Waals surface area contributed by atoms with Crippen LogP contribution >= 0.6 is 0 Å². The van der Waals surface area contributed by atoms with Gasteiger partial charge in [-0.3, -0.25) is 4.79 Å². The Morgan fingerprint density at radius 1 is 0.750 bits per heavy atom. The molecule has 4 rings (SSSR count). The normalized spacial score (nSPS) is 12.8. The van der Waals surface area contributed by atoms with Crippen LogP contribution in [-0.4, -0.2) is 5.91 Å². The number of benzene rings is 3. The second-order valence-corrected chi connectivity index (χ2v) is 5.86. The summed E-state index contributed by atoms with van der Waals surface area (Å²) in [5.41, 5.74) is 5.72. The number of nitrogens with one attached hydrogen (secondary N) is 1. The van der Waals surface area contributed by atoms with Crippen molar-refractivity contribution < 1.29 is 4.79 Å². The summed E-state index contributed by atoms with van der Waals surface area (Å²) in [6.07, 6.45) is 3.43. The van der Waals surface area contributed by atoms with Gasteiger partial charge in [-0.15, -0.1) is 0 Å². The van der Waals surface area contributed by atoms with Gasteiger partial charge in [0.05, 0.1) is 6.04 Å². The average molecular weight is 311 g/mol. The summed E-state index contributed by atoms with van der Waals surface area (Å²) in [6, 6.07) is 26.2. The van der Waals surface area contributed by atoms with Crippen molar-refractivity contribution >= 4 is 12.0 Å². The fourth-order valence-electron chi connectivity index (χ4n) is 3.24. The molecule has 0 aliphatic heterocycles. The highest BCUT2D eigenvalue weighted by Crippen LogP contribution is 2.42. The molecule has 0 heterocycles. The molecule has 0 atom stereocenters. The van der Waals surface area contributed by atoms with Crippen LogP contribution in [0.2, 0.25) is 0 Å². The predicted octanol–water partition coefficient (Wildman–Crippen LogP) is 4.59. The lowest BCUT2D eigenvalue weighted by atomic mass is 10.1. The first-order valence-corrected chi connectivity index (χ1v) is 8.05. The third-order valence-corrected chi connectivity index (χ3v) is 4.35. The number of amides is 1. The smallest absolute Gasteiger partial charge is 0.244 e. The van der Waals surface area contributed by atoms with Crippen LogP contribution in [0.3, 0.4) is 0 Å². The minimum atomic E-state index is -0.0923. The zero-order valence-electron chi connectivity index (χ0n) is 13.1. The lowest BCUT2D eigenvalue weighted by Crippen LogP contribution is -2.26. The first-order valence-electron chi connectivity index (χ1n) is 8.05. The molecule has 1 N–H and O–H groups in total. The summed E-state index contributed by atoms with van der Waals surface area (Å²) >= 11 is 0. The molecule has 24 heavy (non-hydrogen) atoms. The van der Waals surface area contributed by atoms with Crippen LogP contribution in [0, 0.1) is 0 Å². The monoisotopic (exact) mass is 311 g/mol. The molecule has 2 nitrogen and oxygen atoms in total. The summed E-state index contributed by atoms with van der Waals surface area (Å²) in [7, 11) is 0. The maximum atomic E-state index is 12.4. The van der Waals surface area contributed by atoms with E-state index in [1.54, 1.807) is 6.08 Å². The molecular weight excluding hydrogens is 294 g/mol. The molecule has 3 aromatic carbocycles. The van der Waals surface area contributed by atoms with Crippen molar-refractivity contribution in [2.75, 3.05) is 0 Å². The number of rotatable bonds is 3. The number of fused-ring (bicyclic) bond motifs is 3. The largest absolute Gasteiger partial charge is 0.342 e. The van der Waals surface area contributed by atoms with E-state index >= 15 is 0 Å². The number of carbonyl (C=O) groups excluding carboxylic acids is 1. The molecule has 3 aromatic rings. The van der Waals surface area contributed by atoms with Gasteiger partial charge in [0, 0.05) is 6.08 Å². The topological polar surface area (TPSA) is 29.1 Å². The third-order valence-electron chi connectivity index (χ3n) is 4.35. The highest BCUT2D eigenvalue weighted by Gasteiger charge is 2.28. The summed E-state index contributed by atoms with van der Waals surface area (Å²) in [5.74, 6) is -0.0876. The van der Waals surface area contributed by atoms with E-state index in [0.717, 1.165) is 16.7 Å². The zero-order chi connectivity index (χ0) is 16.4. The van der Waals surface area contributed by atoms with E-state index in [1.807, 2.05) is 60.7 Å². The Hall–Kier alpha value is -3.13. The lowest BCUT2D eigenvalue weighted by molar-refractivity contribution is -0.116. The van der Waals surface area contributed by atoms with Crippen LogP contribution in [0.1, 0.15) is 22.7 Å². The van der Waals surface area contributed by atoms with Crippen molar-refractivity contribution in [3.8, 4) is 11.1 Å². The van der Waals surface area contributed by atoms with Crippen molar-refractivity contribution in [3.63, 3.8) is 0 Å². The van der Waals surface area contributed by atoms with Crippen molar-refractivity contribution in [1.82, 2.24) is 5.32 Å². The summed E-state index contributed by atoms with van der Waals surface area (Å²) in [6.45, 7) is 0. The summed E-state index contributed by atoms with van der Waals surface area (Å²) in [4.78, 5) is 12.4. The van der Waals surface area contributed by atoms with Gasteiger partial charge in [-0.2, -0.15) is 0 Å². The predicted molar refractivity (Wildman–Crippen MR) is 97.3 cm³/mol. The first-order chi connectivity index (χ1) is 11.8. The molecule has 0 saturated heterocycles. The molecule has 0 bridgehead atoms. The van der Waals surface area contributed by atoms with Crippen LogP contribution < -0.4 is 5.32 Å². The molecule has 0 saturated carbocycles. The Morgan fingerprint density at radius 2 is 1.29 bits per heavy atom. The van der Waals surface area contributed by atoms with E-state index < -0.39 is 0 Å². The second kappa shape index (κ2) is 6.17.